The van der Waals surface area contributed by atoms with Crippen LogP contribution >= 0.6 is 0 Å². The van der Waals surface area contributed by atoms with Crippen LogP contribution in [0.15, 0.2) is 48.8 Å². The largest absolute Gasteiger partial charge is 0.493 e. The molecule has 94 valence electrons. The van der Waals surface area contributed by atoms with Crippen molar-refractivity contribution in [3.05, 3.63) is 59.9 Å². The van der Waals surface area contributed by atoms with Gasteiger partial charge in [0, 0.05) is 18.8 Å². The third-order valence-electron chi connectivity index (χ3n) is 2.76. The summed E-state index contributed by atoms with van der Waals surface area (Å²) in [6.07, 6.45) is 5.36. The van der Waals surface area contributed by atoms with Crippen LogP contribution in [0.4, 0.5) is 0 Å². The van der Waals surface area contributed by atoms with Gasteiger partial charge in [0.15, 0.2) is 0 Å². The van der Waals surface area contributed by atoms with E-state index in [0.717, 1.165) is 18.6 Å². The van der Waals surface area contributed by atoms with Gasteiger partial charge in [-0.25, -0.2) is 0 Å². The first-order valence-electron chi connectivity index (χ1n) is 6.20. The van der Waals surface area contributed by atoms with E-state index in [2.05, 4.69) is 17.1 Å². The zero-order valence-corrected chi connectivity index (χ0v) is 10.4. The van der Waals surface area contributed by atoms with Crippen molar-refractivity contribution in [3.8, 4) is 5.75 Å². The van der Waals surface area contributed by atoms with Crippen LogP contribution < -0.4 is 10.5 Å². The van der Waals surface area contributed by atoms with E-state index in [0.29, 0.717) is 13.2 Å². The molecule has 0 saturated heterocycles. The maximum absolute atomic E-state index is 5.81. The van der Waals surface area contributed by atoms with Crippen LogP contribution in [0.1, 0.15) is 11.1 Å². The zero-order chi connectivity index (χ0) is 12.6. The molecular formula is C15H18N2O. The molecule has 0 amide bonds. The maximum atomic E-state index is 5.81. The van der Waals surface area contributed by atoms with E-state index in [1.165, 1.54) is 11.1 Å². The van der Waals surface area contributed by atoms with Gasteiger partial charge in [0.1, 0.15) is 5.75 Å². The van der Waals surface area contributed by atoms with Crippen LogP contribution in [0.25, 0.3) is 0 Å². The lowest BCUT2D eigenvalue weighted by Gasteiger charge is -2.10. The van der Waals surface area contributed by atoms with Crippen LogP contribution in [0.5, 0.6) is 5.75 Å². The molecule has 2 N–H and O–H groups in total. The van der Waals surface area contributed by atoms with Gasteiger partial charge in [-0.15, -0.1) is 0 Å². The fraction of sp³-hybridized carbons (Fsp3) is 0.267. The molecular weight excluding hydrogens is 224 g/mol. The average Bonchev–Trinajstić information content (AvgIpc) is 2.42. The quantitative estimate of drug-likeness (QED) is 0.844. The molecule has 0 saturated carbocycles. The lowest BCUT2D eigenvalue weighted by molar-refractivity contribution is 0.318. The van der Waals surface area contributed by atoms with Gasteiger partial charge in [0.05, 0.1) is 6.61 Å². The predicted octanol–water partition coefficient (Wildman–Crippen LogP) is 2.20. The van der Waals surface area contributed by atoms with Gasteiger partial charge in [-0.1, -0.05) is 24.3 Å². The van der Waals surface area contributed by atoms with Crippen molar-refractivity contribution in [1.29, 1.82) is 0 Å². The third-order valence-corrected chi connectivity index (χ3v) is 2.76. The summed E-state index contributed by atoms with van der Waals surface area (Å²) in [7, 11) is 0. The van der Waals surface area contributed by atoms with Crippen LogP contribution in [0, 0.1) is 0 Å². The number of para-hydroxylation sites is 1. The lowest BCUT2D eigenvalue weighted by atomic mass is 10.1. The minimum absolute atomic E-state index is 0.642. The molecule has 1 aromatic heterocycles. The first-order valence-corrected chi connectivity index (χ1v) is 6.20. The Morgan fingerprint density at radius 1 is 1.06 bits per heavy atom. The fourth-order valence-electron chi connectivity index (χ4n) is 1.83. The van der Waals surface area contributed by atoms with Crippen molar-refractivity contribution in [2.45, 2.75) is 12.8 Å². The summed E-state index contributed by atoms with van der Waals surface area (Å²) in [5.74, 6) is 0.937. The molecule has 0 radical (unpaired) electrons. The summed E-state index contributed by atoms with van der Waals surface area (Å²) in [6.45, 7) is 1.30. The molecule has 3 nitrogen and oxygen atoms in total. The number of aromatic nitrogens is 1. The molecule has 0 aliphatic carbocycles. The smallest absolute Gasteiger partial charge is 0.122 e. The molecule has 1 heterocycles. The minimum atomic E-state index is 0.642. The number of hydrogen-bond donors (Lipinski definition) is 1. The molecule has 2 aromatic rings. The van der Waals surface area contributed by atoms with Crippen molar-refractivity contribution >= 4 is 0 Å². The van der Waals surface area contributed by atoms with Crippen molar-refractivity contribution in [3.63, 3.8) is 0 Å². The SMILES string of the molecule is NCCc1ccccc1OCCc1cccnc1. The molecule has 1 aromatic carbocycles. The van der Waals surface area contributed by atoms with Crippen molar-refractivity contribution in [1.82, 2.24) is 4.98 Å². The van der Waals surface area contributed by atoms with Gasteiger partial charge in [0.25, 0.3) is 0 Å². The number of hydrogen-bond acceptors (Lipinski definition) is 3. The molecule has 0 bridgehead atoms. The summed E-state index contributed by atoms with van der Waals surface area (Å²) in [6, 6.07) is 12.1. The monoisotopic (exact) mass is 242 g/mol. The molecule has 0 aliphatic rings. The first kappa shape index (κ1) is 12.6. The topological polar surface area (TPSA) is 48.1 Å². The number of rotatable bonds is 6. The van der Waals surface area contributed by atoms with Crippen molar-refractivity contribution in [2.24, 2.45) is 5.73 Å². The lowest BCUT2D eigenvalue weighted by Crippen LogP contribution is -2.07. The summed E-state index contributed by atoms with van der Waals surface area (Å²) in [5, 5.41) is 0. The number of pyridine rings is 1. The zero-order valence-electron chi connectivity index (χ0n) is 10.4. The summed E-state index contributed by atoms with van der Waals surface area (Å²) in [4.78, 5) is 4.09. The van der Waals surface area contributed by atoms with E-state index in [1.54, 1.807) is 6.20 Å². The van der Waals surface area contributed by atoms with Crippen molar-refractivity contribution in [2.75, 3.05) is 13.2 Å². The first-order chi connectivity index (χ1) is 8.90. The maximum Gasteiger partial charge on any atom is 0.122 e. The minimum Gasteiger partial charge on any atom is -0.493 e. The van der Waals surface area contributed by atoms with E-state index >= 15 is 0 Å². The van der Waals surface area contributed by atoms with E-state index in [4.69, 9.17) is 10.5 Å². The fourth-order valence-corrected chi connectivity index (χ4v) is 1.83. The summed E-state index contributed by atoms with van der Waals surface area (Å²) >= 11 is 0. The Bertz CT molecular complexity index is 471. The second-order valence-corrected chi connectivity index (χ2v) is 4.11. The van der Waals surface area contributed by atoms with Gasteiger partial charge >= 0.3 is 0 Å². The Hall–Kier alpha value is -1.87. The predicted molar refractivity (Wildman–Crippen MR) is 72.6 cm³/mol. The molecule has 0 unspecified atom stereocenters. The third kappa shape index (κ3) is 3.57. The molecule has 0 spiro atoms. The Kier molecular flexibility index (Phi) is 4.73. The van der Waals surface area contributed by atoms with E-state index < -0.39 is 0 Å². The summed E-state index contributed by atoms with van der Waals surface area (Å²) < 4.78 is 5.81. The van der Waals surface area contributed by atoms with Gasteiger partial charge in [-0.05, 0) is 36.2 Å². The number of nitrogens with zero attached hydrogens (tertiary/aromatic N) is 1. The van der Waals surface area contributed by atoms with Crippen LogP contribution in [-0.4, -0.2) is 18.1 Å². The highest BCUT2D eigenvalue weighted by atomic mass is 16.5. The Labute approximate surface area is 108 Å². The second kappa shape index (κ2) is 6.77. The van der Waals surface area contributed by atoms with Crippen LogP contribution in [0.3, 0.4) is 0 Å². The summed E-state index contributed by atoms with van der Waals surface area (Å²) in [5.41, 5.74) is 7.95. The molecule has 18 heavy (non-hydrogen) atoms. The van der Waals surface area contributed by atoms with Gasteiger partial charge in [-0.2, -0.15) is 0 Å². The van der Waals surface area contributed by atoms with Crippen LogP contribution in [0.2, 0.25) is 0 Å². The molecule has 2 rings (SSSR count). The Morgan fingerprint density at radius 3 is 2.72 bits per heavy atom. The van der Waals surface area contributed by atoms with E-state index in [1.807, 2.05) is 30.5 Å². The van der Waals surface area contributed by atoms with E-state index in [-0.39, 0.29) is 0 Å². The van der Waals surface area contributed by atoms with Crippen LogP contribution in [-0.2, 0) is 12.8 Å². The Balaban J connectivity index is 1.90. The second-order valence-electron chi connectivity index (χ2n) is 4.11. The van der Waals surface area contributed by atoms with Gasteiger partial charge < -0.3 is 10.5 Å². The number of nitrogens with two attached hydrogens (primary N) is 1. The van der Waals surface area contributed by atoms with Gasteiger partial charge in [-0.3, -0.25) is 4.98 Å². The van der Waals surface area contributed by atoms with Crippen molar-refractivity contribution < 1.29 is 4.74 Å². The highest BCUT2D eigenvalue weighted by Crippen LogP contribution is 2.18. The Morgan fingerprint density at radius 2 is 1.94 bits per heavy atom. The standard InChI is InChI=1S/C15H18N2O/c16-9-7-14-5-1-2-6-15(14)18-11-8-13-4-3-10-17-12-13/h1-6,10,12H,7-9,11,16H2. The molecule has 0 atom stereocenters. The molecule has 0 aliphatic heterocycles. The highest BCUT2D eigenvalue weighted by Gasteiger charge is 2.02. The molecule has 3 heteroatoms. The highest BCUT2D eigenvalue weighted by molar-refractivity contribution is 5.33. The molecule has 0 fully saturated rings. The normalized spacial score (nSPS) is 10.3. The van der Waals surface area contributed by atoms with E-state index in [9.17, 15) is 0 Å². The number of benzene rings is 1. The van der Waals surface area contributed by atoms with Gasteiger partial charge in [0.2, 0.25) is 0 Å². The average molecular weight is 242 g/mol. The number of ether oxygens (including phenoxy) is 1.